The molecule has 0 unspecified atom stereocenters. The van der Waals surface area contributed by atoms with Crippen LogP contribution in [0.5, 0.6) is 0 Å². The van der Waals surface area contributed by atoms with E-state index >= 15 is 0 Å². The third kappa shape index (κ3) is 3.89. The first-order chi connectivity index (χ1) is 9.15. The highest BCUT2D eigenvalue weighted by molar-refractivity contribution is 5.17. The van der Waals surface area contributed by atoms with Crippen molar-refractivity contribution in [3.05, 3.63) is 58.1 Å². The van der Waals surface area contributed by atoms with E-state index in [4.69, 9.17) is 4.42 Å². The molecule has 0 radical (unpaired) electrons. The molecule has 0 aliphatic rings. The first-order valence-electron chi connectivity index (χ1n) is 5.96. The average molecular weight is 261 g/mol. The first kappa shape index (κ1) is 13.2. The number of hydrogen-bond donors (Lipinski definition) is 0. The van der Waals surface area contributed by atoms with Crippen LogP contribution >= 0.6 is 0 Å². The molecular formula is C13H15N3O3. The van der Waals surface area contributed by atoms with Crippen LogP contribution in [0.3, 0.4) is 0 Å². The van der Waals surface area contributed by atoms with Crippen LogP contribution in [0.25, 0.3) is 0 Å². The van der Waals surface area contributed by atoms with E-state index in [2.05, 4.69) is 4.98 Å². The van der Waals surface area contributed by atoms with Crippen LogP contribution in [-0.4, -0.2) is 28.4 Å². The van der Waals surface area contributed by atoms with E-state index in [1.165, 1.54) is 6.07 Å². The minimum Gasteiger partial charge on any atom is -0.404 e. The van der Waals surface area contributed by atoms with Gasteiger partial charge in [0.05, 0.1) is 12.6 Å². The fourth-order valence-electron chi connectivity index (χ4n) is 1.75. The summed E-state index contributed by atoms with van der Waals surface area (Å²) in [5, 5.41) is 10.5. The molecule has 0 fully saturated rings. The van der Waals surface area contributed by atoms with E-state index in [1.807, 2.05) is 30.1 Å². The maximum atomic E-state index is 10.5. The van der Waals surface area contributed by atoms with Gasteiger partial charge in [-0.25, -0.2) is 0 Å². The molecule has 0 saturated heterocycles. The second-order valence-corrected chi connectivity index (χ2v) is 4.31. The van der Waals surface area contributed by atoms with Crippen LogP contribution in [0, 0.1) is 10.1 Å². The second-order valence-electron chi connectivity index (χ2n) is 4.31. The summed E-state index contributed by atoms with van der Waals surface area (Å²) >= 11 is 0. The van der Waals surface area contributed by atoms with Crippen LogP contribution in [0.4, 0.5) is 5.88 Å². The van der Waals surface area contributed by atoms with Crippen LogP contribution < -0.4 is 0 Å². The van der Waals surface area contributed by atoms with Crippen molar-refractivity contribution in [2.45, 2.75) is 13.0 Å². The van der Waals surface area contributed by atoms with Gasteiger partial charge in [-0.15, -0.1) is 0 Å². The van der Waals surface area contributed by atoms with E-state index < -0.39 is 4.92 Å². The van der Waals surface area contributed by atoms with Gasteiger partial charge >= 0.3 is 5.88 Å². The van der Waals surface area contributed by atoms with Gasteiger partial charge in [-0.3, -0.25) is 20.0 Å². The normalized spacial score (nSPS) is 10.8. The topological polar surface area (TPSA) is 72.4 Å². The quantitative estimate of drug-likeness (QED) is 0.589. The van der Waals surface area contributed by atoms with E-state index in [-0.39, 0.29) is 5.88 Å². The van der Waals surface area contributed by atoms with Crippen molar-refractivity contribution in [2.75, 3.05) is 13.6 Å². The predicted molar refractivity (Wildman–Crippen MR) is 69.6 cm³/mol. The van der Waals surface area contributed by atoms with Gasteiger partial charge in [0, 0.05) is 24.9 Å². The average Bonchev–Trinajstić information content (AvgIpc) is 2.86. The van der Waals surface area contributed by atoms with Gasteiger partial charge in [-0.1, -0.05) is 6.07 Å². The molecule has 100 valence electrons. The molecule has 2 rings (SSSR count). The van der Waals surface area contributed by atoms with Gasteiger partial charge in [-0.05, 0) is 25.2 Å². The molecule has 0 aliphatic carbocycles. The number of likely N-dealkylation sites (N-methyl/N-ethyl adjacent to an activating group) is 1. The fraction of sp³-hybridized carbons (Fsp3) is 0.308. The predicted octanol–water partition coefficient (Wildman–Crippen LogP) is 2.26. The van der Waals surface area contributed by atoms with Crippen molar-refractivity contribution in [3.63, 3.8) is 0 Å². The Bertz CT molecular complexity index is 539. The number of nitrogens with zero attached hydrogens (tertiary/aromatic N) is 3. The fourth-order valence-corrected chi connectivity index (χ4v) is 1.75. The lowest BCUT2D eigenvalue weighted by Crippen LogP contribution is -2.20. The Balaban J connectivity index is 1.83. The Kier molecular flexibility index (Phi) is 4.25. The number of furan rings is 1. The van der Waals surface area contributed by atoms with E-state index in [1.54, 1.807) is 12.3 Å². The summed E-state index contributed by atoms with van der Waals surface area (Å²) in [5.74, 6) is 0.378. The van der Waals surface area contributed by atoms with E-state index in [0.29, 0.717) is 12.3 Å². The molecule has 19 heavy (non-hydrogen) atoms. The molecule has 0 saturated carbocycles. The Morgan fingerprint density at radius 1 is 1.37 bits per heavy atom. The number of rotatable bonds is 6. The summed E-state index contributed by atoms with van der Waals surface area (Å²) in [4.78, 5) is 16.3. The summed E-state index contributed by atoms with van der Waals surface area (Å²) in [6.45, 7) is 1.35. The van der Waals surface area contributed by atoms with Crippen LogP contribution in [-0.2, 0) is 13.0 Å². The van der Waals surface area contributed by atoms with Crippen LogP contribution in [0.2, 0.25) is 0 Å². The van der Waals surface area contributed by atoms with Gasteiger partial charge in [-0.2, -0.15) is 0 Å². The zero-order valence-corrected chi connectivity index (χ0v) is 10.7. The summed E-state index contributed by atoms with van der Waals surface area (Å²) in [7, 11) is 1.94. The third-order valence-electron chi connectivity index (χ3n) is 2.73. The standard InChI is InChI=1S/C13H15N3O3/c1-15(9-7-11-4-2-3-8-14-11)10-12-5-6-13(19-12)16(17)18/h2-6,8H,7,9-10H2,1H3. The number of pyridine rings is 1. The Morgan fingerprint density at radius 2 is 2.21 bits per heavy atom. The van der Waals surface area contributed by atoms with Crippen molar-refractivity contribution in [1.82, 2.24) is 9.88 Å². The molecule has 0 aromatic carbocycles. The minimum atomic E-state index is -0.530. The van der Waals surface area contributed by atoms with Crippen molar-refractivity contribution in [1.29, 1.82) is 0 Å². The lowest BCUT2D eigenvalue weighted by atomic mass is 10.2. The monoisotopic (exact) mass is 261 g/mol. The zero-order chi connectivity index (χ0) is 13.7. The second kappa shape index (κ2) is 6.10. The summed E-state index contributed by atoms with van der Waals surface area (Å²) in [6, 6.07) is 8.83. The summed E-state index contributed by atoms with van der Waals surface area (Å²) in [6.07, 6.45) is 2.60. The first-order valence-corrected chi connectivity index (χ1v) is 5.96. The lowest BCUT2D eigenvalue weighted by Gasteiger charge is -2.14. The van der Waals surface area contributed by atoms with Gasteiger partial charge in [0.15, 0.2) is 0 Å². The van der Waals surface area contributed by atoms with Crippen molar-refractivity contribution in [3.8, 4) is 0 Å². The van der Waals surface area contributed by atoms with E-state index in [0.717, 1.165) is 18.7 Å². The molecule has 2 aromatic heterocycles. The van der Waals surface area contributed by atoms with Gasteiger partial charge in [0.2, 0.25) is 0 Å². The smallest absolute Gasteiger partial charge is 0.404 e. The highest BCUT2D eigenvalue weighted by Crippen LogP contribution is 2.16. The zero-order valence-electron chi connectivity index (χ0n) is 10.7. The highest BCUT2D eigenvalue weighted by Gasteiger charge is 2.12. The molecule has 6 nitrogen and oxygen atoms in total. The molecule has 6 heteroatoms. The van der Waals surface area contributed by atoms with Gasteiger partial charge in [0.25, 0.3) is 0 Å². The number of aromatic nitrogens is 1. The Morgan fingerprint density at radius 3 is 2.84 bits per heavy atom. The SMILES string of the molecule is CN(CCc1ccccn1)Cc1ccc([N+](=O)[O-])o1. The van der Waals surface area contributed by atoms with Crippen molar-refractivity contribution in [2.24, 2.45) is 0 Å². The van der Waals surface area contributed by atoms with Crippen LogP contribution in [0.1, 0.15) is 11.5 Å². The lowest BCUT2D eigenvalue weighted by molar-refractivity contribution is -0.402. The largest absolute Gasteiger partial charge is 0.433 e. The van der Waals surface area contributed by atoms with Gasteiger partial charge in [0.1, 0.15) is 10.7 Å². The Hall–Kier alpha value is -2.21. The van der Waals surface area contributed by atoms with E-state index in [9.17, 15) is 10.1 Å². The number of nitro groups is 1. The molecular weight excluding hydrogens is 246 g/mol. The van der Waals surface area contributed by atoms with Gasteiger partial charge < -0.3 is 4.42 Å². The molecule has 2 heterocycles. The highest BCUT2D eigenvalue weighted by atomic mass is 16.6. The maximum Gasteiger partial charge on any atom is 0.433 e. The molecule has 0 N–H and O–H groups in total. The molecule has 0 aliphatic heterocycles. The number of hydrogen-bond acceptors (Lipinski definition) is 5. The minimum absolute atomic E-state index is 0.215. The maximum absolute atomic E-state index is 10.5. The van der Waals surface area contributed by atoms with Crippen molar-refractivity contribution < 1.29 is 9.34 Å². The molecule has 0 bridgehead atoms. The van der Waals surface area contributed by atoms with Crippen LogP contribution in [0.15, 0.2) is 40.9 Å². The van der Waals surface area contributed by atoms with Crippen molar-refractivity contribution >= 4 is 5.88 Å². The molecule has 0 spiro atoms. The molecule has 0 amide bonds. The summed E-state index contributed by atoms with van der Waals surface area (Å²) < 4.78 is 5.11. The molecule has 2 aromatic rings. The Labute approximate surface area is 110 Å². The summed E-state index contributed by atoms with van der Waals surface area (Å²) in [5.41, 5.74) is 1.03. The third-order valence-corrected chi connectivity index (χ3v) is 2.73. The molecule has 0 atom stereocenters.